The number of ether oxygens (including phenoxy) is 2. The van der Waals surface area contributed by atoms with Gasteiger partial charge in [0, 0.05) is 28.9 Å². The zero-order valence-electron chi connectivity index (χ0n) is 16.3. The molecule has 1 aromatic rings. The zero-order chi connectivity index (χ0) is 19.9. The molecular formula is C21H26N3O3S+. The lowest BCUT2D eigenvalue weighted by molar-refractivity contribution is -0.921. The van der Waals surface area contributed by atoms with Crippen LogP contribution in [0.25, 0.3) is 0 Å². The number of morpholine rings is 1. The number of carbonyl (C=O) groups excluding carboxylic acids is 1. The second-order valence-electron chi connectivity index (χ2n) is 8.60. The summed E-state index contributed by atoms with van der Waals surface area (Å²) < 4.78 is 11.2. The number of allylic oxidation sites excluding steroid dienone is 3. The Bertz CT molecular complexity index is 900. The molecule has 6 nitrogen and oxygen atoms in total. The van der Waals surface area contributed by atoms with E-state index in [4.69, 9.17) is 15.2 Å². The number of ketones is 1. The van der Waals surface area contributed by atoms with Crippen LogP contribution in [0.15, 0.2) is 34.2 Å². The number of nitrogens with two attached hydrogens (primary N) is 1. The summed E-state index contributed by atoms with van der Waals surface area (Å²) in [5, 5.41) is 11.9. The third-order valence-corrected chi connectivity index (χ3v) is 6.73. The highest BCUT2D eigenvalue weighted by Gasteiger charge is 2.43. The Kier molecular flexibility index (Phi) is 5.04. The smallest absolute Gasteiger partial charge is 0.205 e. The number of quaternary nitrogens is 1. The SMILES string of the molecule is CC1(C)CC(=O)C2=C(C1)OC(N)=C(C#N)[C@H]2c1cc(C[NH+]2CCOCC2)cs1. The van der Waals surface area contributed by atoms with Gasteiger partial charge in [0.15, 0.2) is 5.78 Å². The second-order valence-corrected chi connectivity index (χ2v) is 9.54. The van der Waals surface area contributed by atoms with E-state index in [2.05, 4.69) is 31.4 Å². The fourth-order valence-electron chi connectivity index (χ4n) is 4.33. The van der Waals surface area contributed by atoms with Crippen molar-refractivity contribution in [3.63, 3.8) is 0 Å². The molecule has 1 saturated heterocycles. The molecule has 0 unspecified atom stereocenters. The summed E-state index contributed by atoms with van der Waals surface area (Å²) in [5.41, 5.74) is 8.12. The highest BCUT2D eigenvalue weighted by Crippen LogP contribution is 2.48. The van der Waals surface area contributed by atoms with Crippen LogP contribution in [-0.4, -0.2) is 32.1 Å². The van der Waals surface area contributed by atoms with Gasteiger partial charge in [-0.3, -0.25) is 4.79 Å². The Morgan fingerprint density at radius 1 is 1.36 bits per heavy atom. The van der Waals surface area contributed by atoms with E-state index in [-0.39, 0.29) is 17.1 Å². The normalized spacial score (nSPS) is 25.3. The van der Waals surface area contributed by atoms with Crippen molar-refractivity contribution in [2.45, 2.75) is 39.2 Å². The van der Waals surface area contributed by atoms with Crippen LogP contribution in [0, 0.1) is 16.7 Å². The van der Waals surface area contributed by atoms with E-state index in [0.717, 1.165) is 37.7 Å². The van der Waals surface area contributed by atoms with Crippen LogP contribution in [0.2, 0.25) is 0 Å². The average molecular weight is 401 g/mol. The standard InChI is InChI=1S/C21H25N3O3S/c1-21(2)8-15(25)19-16(9-21)27-20(23)14(10-22)18(19)17-7-13(12-28-17)11-24-3-5-26-6-4-24/h7,12,18H,3-6,8-9,11,23H2,1-2H3/p+1/t18-/m0/s1. The number of thiophene rings is 1. The summed E-state index contributed by atoms with van der Waals surface area (Å²) >= 11 is 1.60. The van der Waals surface area contributed by atoms with Gasteiger partial charge < -0.3 is 20.1 Å². The van der Waals surface area contributed by atoms with Crippen molar-refractivity contribution in [1.82, 2.24) is 0 Å². The van der Waals surface area contributed by atoms with Crippen LogP contribution in [-0.2, 0) is 20.8 Å². The lowest BCUT2D eigenvalue weighted by Crippen LogP contribution is -3.12. The van der Waals surface area contributed by atoms with Gasteiger partial charge in [0.25, 0.3) is 0 Å². The Labute approximate surface area is 169 Å². The van der Waals surface area contributed by atoms with Crippen molar-refractivity contribution in [1.29, 1.82) is 5.26 Å². The molecule has 7 heteroatoms. The predicted octanol–water partition coefficient (Wildman–Crippen LogP) is 1.61. The number of nitriles is 1. The number of carbonyl (C=O) groups is 1. The van der Waals surface area contributed by atoms with Gasteiger partial charge in [0.05, 0.1) is 19.1 Å². The second kappa shape index (κ2) is 7.36. The minimum atomic E-state index is -0.407. The first-order chi connectivity index (χ1) is 13.4. The Hall–Kier alpha value is -2.14. The molecule has 2 aliphatic heterocycles. The lowest BCUT2D eigenvalue weighted by atomic mass is 9.71. The minimum Gasteiger partial charge on any atom is -0.444 e. The zero-order valence-corrected chi connectivity index (χ0v) is 17.2. The molecule has 4 rings (SSSR count). The van der Waals surface area contributed by atoms with Gasteiger partial charge >= 0.3 is 0 Å². The van der Waals surface area contributed by atoms with Crippen molar-refractivity contribution in [2.24, 2.45) is 11.1 Å². The summed E-state index contributed by atoms with van der Waals surface area (Å²) in [4.78, 5) is 15.5. The van der Waals surface area contributed by atoms with E-state index < -0.39 is 5.92 Å². The summed E-state index contributed by atoms with van der Waals surface area (Å²) in [5.74, 6) is 0.419. The van der Waals surface area contributed by atoms with Gasteiger partial charge in [0.2, 0.25) is 5.88 Å². The lowest BCUT2D eigenvalue weighted by Gasteiger charge is -2.36. The molecule has 0 spiro atoms. The maximum atomic E-state index is 13.0. The number of Topliss-reactive ketones (excluding diaryl/α,β-unsaturated/α-hetero) is 1. The third-order valence-electron chi connectivity index (χ3n) is 5.69. The molecule has 3 aliphatic rings. The van der Waals surface area contributed by atoms with Crippen LogP contribution in [0.4, 0.5) is 0 Å². The van der Waals surface area contributed by atoms with E-state index in [0.29, 0.717) is 29.7 Å². The molecule has 0 radical (unpaired) electrons. The van der Waals surface area contributed by atoms with Gasteiger partial charge in [-0.15, -0.1) is 11.3 Å². The number of hydrogen-bond donors (Lipinski definition) is 2. The molecule has 0 saturated carbocycles. The largest absolute Gasteiger partial charge is 0.444 e. The minimum absolute atomic E-state index is 0.0604. The van der Waals surface area contributed by atoms with Gasteiger partial charge in [0.1, 0.15) is 37.0 Å². The highest BCUT2D eigenvalue weighted by molar-refractivity contribution is 7.10. The number of rotatable bonds is 3. The van der Waals surface area contributed by atoms with Crippen molar-refractivity contribution >= 4 is 17.1 Å². The van der Waals surface area contributed by atoms with E-state index in [1.807, 2.05) is 0 Å². The molecular weight excluding hydrogens is 374 g/mol. The van der Waals surface area contributed by atoms with Crippen LogP contribution >= 0.6 is 11.3 Å². The predicted molar refractivity (Wildman–Crippen MR) is 105 cm³/mol. The molecule has 1 atom stereocenters. The van der Waals surface area contributed by atoms with Crippen molar-refractivity contribution < 1.29 is 19.2 Å². The molecule has 3 heterocycles. The average Bonchev–Trinajstić information content (AvgIpc) is 3.08. The van der Waals surface area contributed by atoms with Crippen molar-refractivity contribution in [3.05, 3.63) is 44.7 Å². The van der Waals surface area contributed by atoms with Crippen molar-refractivity contribution in [2.75, 3.05) is 26.3 Å². The number of hydrogen-bond acceptors (Lipinski definition) is 6. The summed E-state index contributed by atoms with van der Waals surface area (Å²) in [6.07, 6.45) is 1.11. The Morgan fingerprint density at radius 3 is 2.82 bits per heavy atom. The third kappa shape index (κ3) is 3.60. The van der Waals surface area contributed by atoms with Crippen LogP contribution in [0.3, 0.4) is 0 Å². The Morgan fingerprint density at radius 2 is 2.11 bits per heavy atom. The van der Waals surface area contributed by atoms with Gasteiger partial charge in [-0.1, -0.05) is 13.8 Å². The first kappa shape index (κ1) is 19.2. The number of nitrogens with zero attached hydrogens (tertiary/aromatic N) is 1. The molecule has 0 amide bonds. The molecule has 0 bridgehead atoms. The first-order valence-corrected chi connectivity index (χ1v) is 10.6. The van der Waals surface area contributed by atoms with E-state index in [9.17, 15) is 10.1 Å². The van der Waals surface area contributed by atoms with Crippen LogP contribution in [0.5, 0.6) is 0 Å². The fraction of sp³-hybridized carbons (Fsp3) is 0.524. The maximum absolute atomic E-state index is 13.0. The Balaban J connectivity index is 1.67. The molecule has 0 aromatic carbocycles. The molecule has 1 aromatic heterocycles. The van der Waals surface area contributed by atoms with Gasteiger partial charge in [-0.2, -0.15) is 5.26 Å². The summed E-state index contributed by atoms with van der Waals surface area (Å²) in [7, 11) is 0. The quantitative estimate of drug-likeness (QED) is 0.805. The monoisotopic (exact) mass is 400 g/mol. The van der Waals surface area contributed by atoms with E-state index in [1.165, 1.54) is 10.5 Å². The molecule has 28 heavy (non-hydrogen) atoms. The molecule has 3 N–H and O–H groups in total. The molecule has 1 fully saturated rings. The number of nitrogens with one attached hydrogen (secondary N) is 1. The molecule has 148 valence electrons. The topological polar surface area (TPSA) is 89.8 Å². The summed E-state index contributed by atoms with van der Waals surface area (Å²) in [6.45, 7) is 8.64. The molecule has 1 aliphatic carbocycles. The highest BCUT2D eigenvalue weighted by atomic mass is 32.1. The van der Waals surface area contributed by atoms with Gasteiger partial charge in [-0.05, 0) is 16.9 Å². The fourth-order valence-corrected chi connectivity index (χ4v) is 5.36. The van der Waals surface area contributed by atoms with Crippen molar-refractivity contribution in [3.8, 4) is 6.07 Å². The van der Waals surface area contributed by atoms with Gasteiger partial charge in [-0.25, -0.2) is 0 Å². The summed E-state index contributed by atoms with van der Waals surface area (Å²) in [6, 6.07) is 4.33. The maximum Gasteiger partial charge on any atom is 0.205 e. The van der Waals surface area contributed by atoms with Crippen LogP contribution < -0.4 is 10.6 Å². The first-order valence-electron chi connectivity index (χ1n) is 9.70. The van der Waals surface area contributed by atoms with E-state index >= 15 is 0 Å². The van der Waals surface area contributed by atoms with E-state index in [1.54, 1.807) is 11.3 Å². The van der Waals surface area contributed by atoms with Crippen LogP contribution in [0.1, 0.15) is 43.0 Å².